The maximum Gasteiger partial charge on any atom is 0.330 e. The number of carbonyl (C=O) groups excluding carboxylic acids is 1. The van der Waals surface area contributed by atoms with Gasteiger partial charge in [0.15, 0.2) is 0 Å². The zero-order valence-corrected chi connectivity index (χ0v) is 7.09. The number of methoxy groups -OCH3 is 1. The molecule has 0 atom stereocenters. The molecule has 0 saturated carbocycles. The van der Waals surface area contributed by atoms with Gasteiger partial charge in [-0.25, -0.2) is 4.79 Å². The van der Waals surface area contributed by atoms with E-state index in [4.69, 9.17) is 5.73 Å². The predicted molar refractivity (Wildman–Crippen MR) is 44.1 cm³/mol. The van der Waals surface area contributed by atoms with Crippen LogP contribution < -0.4 is 5.73 Å². The molecular formula is C8H15NO2. The molecule has 0 fully saturated rings. The van der Waals surface area contributed by atoms with E-state index in [1.165, 1.54) is 13.2 Å². The molecule has 0 aromatic rings. The minimum Gasteiger partial charge on any atom is -0.466 e. The van der Waals surface area contributed by atoms with E-state index in [1.54, 1.807) is 0 Å². The summed E-state index contributed by atoms with van der Waals surface area (Å²) in [6.45, 7) is 2.55. The number of allylic oxidation sites excluding steroid dienone is 1. The van der Waals surface area contributed by atoms with Gasteiger partial charge >= 0.3 is 5.97 Å². The lowest BCUT2D eigenvalue weighted by Crippen LogP contribution is -2.00. The maximum atomic E-state index is 10.7. The van der Waals surface area contributed by atoms with Crippen LogP contribution in [0, 0.1) is 0 Å². The summed E-state index contributed by atoms with van der Waals surface area (Å²) in [6.07, 6.45) is 3.28. The van der Waals surface area contributed by atoms with Gasteiger partial charge in [0, 0.05) is 6.08 Å². The third-order valence-electron chi connectivity index (χ3n) is 1.34. The van der Waals surface area contributed by atoms with Crippen molar-refractivity contribution in [1.82, 2.24) is 0 Å². The molecule has 2 N–H and O–H groups in total. The normalized spacial score (nSPS) is 11.4. The van der Waals surface area contributed by atoms with E-state index >= 15 is 0 Å². The van der Waals surface area contributed by atoms with Gasteiger partial charge in [-0.05, 0) is 26.3 Å². The highest BCUT2D eigenvalue weighted by molar-refractivity contribution is 5.82. The summed E-state index contributed by atoms with van der Waals surface area (Å²) in [5, 5.41) is 0. The Bertz CT molecular complexity index is 152. The fourth-order valence-electron chi connectivity index (χ4n) is 0.713. The standard InChI is InChI=1S/C8H15NO2/c1-7(4-3-5-9)6-8(10)11-2/h6H,3-5,9H2,1-2H3/b7-6-. The Labute approximate surface area is 67.2 Å². The van der Waals surface area contributed by atoms with Crippen molar-refractivity contribution in [3.05, 3.63) is 11.6 Å². The Morgan fingerprint density at radius 1 is 1.64 bits per heavy atom. The minimum atomic E-state index is -0.292. The Hall–Kier alpha value is -0.830. The largest absolute Gasteiger partial charge is 0.466 e. The van der Waals surface area contributed by atoms with Crippen molar-refractivity contribution >= 4 is 5.97 Å². The van der Waals surface area contributed by atoms with E-state index in [1.807, 2.05) is 6.92 Å². The van der Waals surface area contributed by atoms with Crippen LogP contribution in [0.1, 0.15) is 19.8 Å². The number of esters is 1. The summed E-state index contributed by atoms with van der Waals surface area (Å²) < 4.78 is 4.45. The van der Waals surface area contributed by atoms with Crippen LogP contribution in [0.25, 0.3) is 0 Å². The second kappa shape index (κ2) is 5.92. The summed E-state index contributed by atoms with van der Waals surface area (Å²) in [6, 6.07) is 0. The molecule has 0 saturated heterocycles. The molecule has 0 aliphatic rings. The van der Waals surface area contributed by atoms with Crippen molar-refractivity contribution < 1.29 is 9.53 Å². The second-order valence-corrected chi connectivity index (χ2v) is 2.41. The van der Waals surface area contributed by atoms with Crippen LogP contribution in [0.2, 0.25) is 0 Å². The molecule has 0 aromatic carbocycles. The molecule has 0 aromatic heterocycles. The molecule has 0 spiro atoms. The first-order valence-corrected chi connectivity index (χ1v) is 3.66. The van der Waals surface area contributed by atoms with Crippen molar-refractivity contribution in [1.29, 1.82) is 0 Å². The van der Waals surface area contributed by atoms with Crippen molar-refractivity contribution in [2.45, 2.75) is 19.8 Å². The van der Waals surface area contributed by atoms with Gasteiger partial charge in [0.05, 0.1) is 7.11 Å². The molecule has 0 amide bonds. The van der Waals surface area contributed by atoms with Gasteiger partial charge in [0.2, 0.25) is 0 Å². The topological polar surface area (TPSA) is 52.3 Å². The average molecular weight is 157 g/mol. The molecule has 0 unspecified atom stereocenters. The highest BCUT2D eigenvalue weighted by Crippen LogP contribution is 2.02. The van der Waals surface area contributed by atoms with Crippen LogP contribution >= 0.6 is 0 Å². The summed E-state index contributed by atoms with van der Waals surface area (Å²) >= 11 is 0. The maximum absolute atomic E-state index is 10.7. The minimum absolute atomic E-state index is 0.292. The first-order chi connectivity index (χ1) is 5.20. The van der Waals surface area contributed by atoms with Crippen molar-refractivity contribution in [3.8, 4) is 0 Å². The zero-order valence-electron chi connectivity index (χ0n) is 7.09. The molecule has 0 rings (SSSR count). The lowest BCUT2D eigenvalue weighted by Gasteiger charge is -1.97. The lowest BCUT2D eigenvalue weighted by atomic mass is 10.1. The summed E-state index contributed by atoms with van der Waals surface area (Å²) in [4.78, 5) is 10.7. The average Bonchev–Trinajstić information content (AvgIpc) is 2.00. The lowest BCUT2D eigenvalue weighted by molar-refractivity contribution is -0.134. The first kappa shape index (κ1) is 10.2. The van der Waals surface area contributed by atoms with Crippen molar-refractivity contribution in [2.75, 3.05) is 13.7 Å². The summed E-state index contributed by atoms with van der Waals surface area (Å²) in [7, 11) is 1.37. The van der Waals surface area contributed by atoms with Gasteiger partial charge in [0.25, 0.3) is 0 Å². The van der Waals surface area contributed by atoms with E-state index in [2.05, 4.69) is 4.74 Å². The Morgan fingerprint density at radius 2 is 2.27 bits per heavy atom. The number of ether oxygens (including phenoxy) is 1. The third-order valence-corrected chi connectivity index (χ3v) is 1.34. The van der Waals surface area contributed by atoms with Crippen LogP contribution in [0.5, 0.6) is 0 Å². The molecule has 0 aliphatic heterocycles. The number of hydrogen-bond acceptors (Lipinski definition) is 3. The highest BCUT2D eigenvalue weighted by atomic mass is 16.5. The molecule has 0 heterocycles. The van der Waals surface area contributed by atoms with Crippen LogP contribution in [0.3, 0.4) is 0 Å². The van der Waals surface area contributed by atoms with E-state index in [9.17, 15) is 4.79 Å². The second-order valence-electron chi connectivity index (χ2n) is 2.41. The molecule has 0 aliphatic carbocycles. The number of hydrogen-bond donors (Lipinski definition) is 1. The van der Waals surface area contributed by atoms with Crippen LogP contribution in [0.4, 0.5) is 0 Å². The summed E-state index contributed by atoms with van der Waals surface area (Å²) in [5.74, 6) is -0.292. The third kappa shape index (κ3) is 5.61. The Balaban J connectivity index is 3.70. The fraction of sp³-hybridized carbons (Fsp3) is 0.625. The number of carbonyl (C=O) groups is 1. The van der Waals surface area contributed by atoms with Gasteiger partial charge in [-0.1, -0.05) is 5.57 Å². The van der Waals surface area contributed by atoms with Gasteiger partial charge in [-0.3, -0.25) is 0 Å². The van der Waals surface area contributed by atoms with E-state index in [0.717, 1.165) is 18.4 Å². The van der Waals surface area contributed by atoms with Gasteiger partial charge < -0.3 is 10.5 Å². The summed E-state index contributed by atoms with van der Waals surface area (Å²) in [5.41, 5.74) is 6.31. The quantitative estimate of drug-likeness (QED) is 0.486. The van der Waals surface area contributed by atoms with E-state index in [0.29, 0.717) is 6.54 Å². The first-order valence-electron chi connectivity index (χ1n) is 3.66. The SMILES string of the molecule is COC(=O)/C=C(/C)CCCN. The molecule has 11 heavy (non-hydrogen) atoms. The molecule has 3 heteroatoms. The zero-order chi connectivity index (χ0) is 8.69. The Kier molecular flexibility index (Phi) is 5.47. The van der Waals surface area contributed by atoms with Crippen molar-refractivity contribution in [2.24, 2.45) is 5.73 Å². The smallest absolute Gasteiger partial charge is 0.330 e. The van der Waals surface area contributed by atoms with E-state index < -0.39 is 0 Å². The molecule has 64 valence electrons. The van der Waals surface area contributed by atoms with Crippen LogP contribution in [-0.2, 0) is 9.53 Å². The van der Waals surface area contributed by atoms with Gasteiger partial charge in [0.1, 0.15) is 0 Å². The van der Waals surface area contributed by atoms with E-state index in [-0.39, 0.29) is 5.97 Å². The molecular weight excluding hydrogens is 142 g/mol. The molecule has 3 nitrogen and oxygen atoms in total. The number of nitrogens with two attached hydrogens (primary N) is 1. The highest BCUT2D eigenvalue weighted by Gasteiger charge is 1.95. The van der Waals surface area contributed by atoms with Gasteiger partial charge in [-0.15, -0.1) is 0 Å². The monoisotopic (exact) mass is 157 g/mol. The molecule has 0 radical (unpaired) electrons. The predicted octanol–water partition coefficient (Wildman–Crippen LogP) is 0.845. The van der Waals surface area contributed by atoms with Crippen molar-refractivity contribution in [3.63, 3.8) is 0 Å². The number of rotatable bonds is 4. The van der Waals surface area contributed by atoms with Crippen LogP contribution in [-0.4, -0.2) is 19.6 Å². The van der Waals surface area contributed by atoms with Gasteiger partial charge in [-0.2, -0.15) is 0 Å². The fourth-order valence-corrected chi connectivity index (χ4v) is 0.713. The molecule has 0 bridgehead atoms. The van der Waals surface area contributed by atoms with Crippen LogP contribution in [0.15, 0.2) is 11.6 Å². The Morgan fingerprint density at radius 3 is 2.73 bits per heavy atom.